The van der Waals surface area contributed by atoms with Crippen molar-refractivity contribution in [2.24, 2.45) is 0 Å². The van der Waals surface area contributed by atoms with Gasteiger partial charge in [-0.1, -0.05) is 48.0 Å². The molecule has 0 fully saturated rings. The molecule has 0 atom stereocenters. The smallest absolute Gasteiger partial charge is 0.254 e. The minimum atomic E-state index is -0.0699. The highest BCUT2D eigenvalue weighted by Gasteiger charge is 2.18. The van der Waals surface area contributed by atoms with Crippen LogP contribution in [-0.2, 0) is 6.54 Å². The second-order valence-electron chi connectivity index (χ2n) is 6.56. The fourth-order valence-corrected chi connectivity index (χ4v) is 3.26. The van der Waals surface area contributed by atoms with Crippen molar-refractivity contribution in [2.45, 2.75) is 6.54 Å². The van der Waals surface area contributed by atoms with E-state index in [9.17, 15) is 4.79 Å². The molecule has 2 aromatic carbocycles. The fourth-order valence-electron chi connectivity index (χ4n) is 3.13. The Hall–Kier alpha value is -3.24. The number of aromatic nitrogens is 2. The third kappa shape index (κ3) is 3.73. The summed E-state index contributed by atoms with van der Waals surface area (Å²) in [5.41, 5.74) is 3.90. The van der Waals surface area contributed by atoms with Crippen LogP contribution in [0.4, 0.5) is 0 Å². The predicted molar refractivity (Wildman–Crippen MR) is 112 cm³/mol. The van der Waals surface area contributed by atoms with Crippen LogP contribution in [-0.4, -0.2) is 27.8 Å². The molecule has 0 radical (unpaired) electrons. The number of fused-ring (bicyclic) bond motifs is 1. The fraction of sp³-hybridized carbons (Fsp3) is 0.0870. The van der Waals surface area contributed by atoms with E-state index >= 15 is 0 Å². The molecule has 0 saturated heterocycles. The first-order valence-electron chi connectivity index (χ1n) is 8.93. The van der Waals surface area contributed by atoms with Crippen molar-refractivity contribution >= 4 is 28.4 Å². The number of nitrogens with zero attached hydrogens (tertiary/aromatic N) is 3. The van der Waals surface area contributed by atoms with Crippen molar-refractivity contribution in [3.63, 3.8) is 0 Å². The Morgan fingerprint density at radius 1 is 1.00 bits per heavy atom. The van der Waals surface area contributed by atoms with E-state index in [4.69, 9.17) is 16.6 Å². The van der Waals surface area contributed by atoms with Gasteiger partial charge in [-0.25, -0.2) is 4.98 Å². The van der Waals surface area contributed by atoms with Crippen molar-refractivity contribution < 1.29 is 4.79 Å². The molecule has 0 aliphatic carbocycles. The number of hydrogen-bond donors (Lipinski definition) is 0. The molecule has 5 heteroatoms. The average Bonchev–Trinajstić information content (AvgIpc) is 2.73. The SMILES string of the molecule is CN(Cc1ccccn1)C(=O)c1cc(-c2ccc(Cl)cc2)nc2ccccc12. The molecule has 1 amide bonds. The summed E-state index contributed by atoms with van der Waals surface area (Å²) in [6.07, 6.45) is 1.73. The molecule has 4 aromatic rings. The molecule has 0 saturated carbocycles. The third-order valence-electron chi connectivity index (χ3n) is 4.56. The molecule has 4 rings (SSSR count). The van der Waals surface area contributed by atoms with Crippen LogP contribution in [0.5, 0.6) is 0 Å². The van der Waals surface area contributed by atoms with Gasteiger partial charge in [0.2, 0.25) is 0 Å². The maximum absolute atomic E-state index is 13.2. The molecular formula is C23H18ClN3O. The van der Waals surface area contributed by atoms with Crippen LogP contribution in [0, 0.1) is 0 Å². The van der Waals surface area contributed by atoms with Crippen LogP contribution >= 0.6 is 11.6 Å². The number of amides is 1. The molecule has 0 spiro atoms. The quantitative estimate of drug-likeness (QED) is 0.482. The maximum Gasteiger partial charge on any atom is 0.254 e. The van der Waals surface area contributed by atoms with Gasteiger partial charge in [0.15, 0.2) is 0 Å². The number of pyridine rings is 2. The zero-order chi connectivity index (χ0) is 19.5. The van der Waals surface area contributed by atoms with E-state index in [-0.39, 0.29) is 5.91 Å². The molecule has 0 aliphatic rings. The van der Waals surface area contributed by atoms with Crippen LogP contribution in [0.15, 0.2) is 79.0 Å². The zero-order valence-corrected chi connectivity index (χ0v) is 16.1. The van der Waals surface area contributed by atoms with Gasteiger partial charge in [0.25, 0.3) is 5.91 Å². The largest absolute Gasteiger partial charge is 0.336 e. The van der Waals surface area contributed by atoms with Gasteiger partial charge in [-0.05, 0) is 36.4 Å². The molecular weight excluding hydrogens is 370 g/mol. The van der Waals surface area contributed by atoms with Crippen LogP contribution in [0.3, 0.4) is 0 Å². The number of rotatable bonds is 4. The van der Waals surface area contributed by atoms with Gasteiger partial charge in [0, 0.05) is 29.2 Å². The highest BCUT2D eigenvalue weighted by molar-refractivity contribution is 6.30. The van der Waals surface area contributed by atoms with E-state index in [1.54, 1.807) is 18.1 Å². The van der Waals surface area contributed by atoms with Crippen LogP contribution < -0.4 is 0 Å². The van der Waals surface area contributed by atoms with Crippen molar-refractivity contribution in [3.8, 4) is 11.3 Å². The lowest BCUT2D eigenvalue weighted by Gasteiger charge is -2.18. The van der Waals surface area contributed by atoms with E-state index in [2.05, 4.69) is 4.98 Å². The summed E-state index contributed by atoms with van der Waals surface area (Å²) in [6.45, 7) is 0.437. The first kappa shape index (κ1) is 18.1. The first-order chi connectivity index (χ1) is 13.6. The van der Waals surface area contributed by atoms with Gasteiger partial charge >= 0.3 is 0 Å². The summed E-state index contributed by atoms with van der Waals surface area (Å²) >= 11 is 6.01. The van der Waals surface area contributed by atoms with Crippen molar-refractivity contribution in [3.05, 3.63) is 95.3 Å². The first-order valence-corrected chi connectivity index (χ1v) is 9.31. The number of para-hydroxylation sites is 1. The van der Waals surface area contributed by atoms with Gasteiger partial charge in [-0.2, -0.15) is 0 Å². The Kier molecular flexibility index (Phi) is 5.04. The molecule has 0 unspecified atom stereocenters. The number of halogens is 1. The van der Waals surface area contributed by atoms with Crippen LogP contribution in [0.2, 0.25) is 5.02 Å². The Balaban J connectivity index is 1.76. The van der Waals surface area contributed by atoms with Gasteiger partial charge < -0.3 is 4.90 Å². The lowest BCUT2D eigenvalue weighted by Crippen LogP contribution is -2.27. The van der Waals surface area contributed by atoms with Crippen LogP contribution in [0.1, 0.15) is 16.1 Å². The lowest BCUT2D eigenvalue weighted by atomic mass is 10.0. The van der Waals surface area contributed by atoms with Gasteiger partial charge in [0.1, 0.15) is 0 Å². The van der Waals surface area contributed by atoms with E-state index in [0.29, 0.717) is 17.1 Å². The minimum absolute atomic E-state index is 0.0699. The monoisotopic (exact) mass is 387 g/mol. The maximum atomic E-state index is 13.2. The topological polar surface area (TPSA) is 46.1 Å². The summed E-state index contributed by atoms with van der Waals surface area (Å²) < 4.78 is 0. The Morgan fingerprint density at radius 2 is 1.75 bits per heavy atom. The summed E-state index contributed by atoms with van der Waals surface area (Å²) in [5, 5.41) is 1.49. The standard InChI is InChI=1S/C23H18ClN3O/c1-27(15-18-6-4-5-13-25-18)23(28)20-14-22(16-9-11-17(24)12-10-16)26-21-8-3-2-7-19(20)21/h2-14H,15H2,1H3. The van der Waals surface area contributed by atoms with E-state index in [1.165, 1.54) is 0 Å². The van der Waals surface area contributed by atoms with E-state index in [1.807, 2.05) is 72.8 Å². The third-order valence-corrected chi connectivity index (χ3v) is 4.81. The minimum Gasteiger partial charge on any atom is -0.336 e. The molecule has 4 nitrogen and oxygen atoms in total. The van der Waals surface area contributed by atoms with Crippen LogP contribution in [0.25, 0.3) is 22.2 Å². The lowest BCUT2D eigenvalue weighted by molar-refractivity contribution is 0.0785. The Labute approximate surface area is 168 Å². The molecule has 0 bridgehead atoms. The molecule has 2 aromatic heterocycles. The average molecular weight is 388 g/mol. The van der Waals surface area contributed by atoms with E-state index in [0.717, 1.165) is 27.9 Å². The zero-order valence-electron chi connectivity index (χ0n) is 15.3. The van der Waals surface area contributed by atoms with Crippen molar-refractivity contribution in [2.75, 3.05) is 7.05 Å². The molecule has 28 heavy (non-hydrogen) atoms. The molecule has 2 heterocycles. The summed E-state index contributed by atoms with van der Waals surface area (Å²) in [6, 6.07) is 22.7. The van der Waals surface area contributed by atoms with E-state index < -0.39 is 0 Å². The number of benzene rings is 2. The summed E-state index contributed by atoms with van der Waals surface area (Å²) in [7, 11) is 1.79. The second-order valence-corrected chi connectivity index (χ2v) is 7.00. The Bertz CT molecular complexity index is 1130. The van der Waals surface area contributed by atoms with Gasteiger partial charge in [0.05, 0.1) is 29.0 Å². The predicted octanol–water partition coefficient (Wildman–Crippen LogP) is 5.22. The number of carbonyl (C=O) groups excluding carboxylic acids is 1. The second kappa shape index (κ2) is 7.79. The number of carbonyl (C=O) groups is 1. The van der Waals surface area contributed by atoms with Crippen molar-refractivity contribution in [1.82, 2.24) is 14.9 Å². The Morgan fingerprint density at radius 3 is 2.50 bits per heavy atom. The summed E-state index contributed by atoms with van der Waals surface area (Å²) in [5.74, 6) is -0.0699. The van der Waals surface area contributed by atoms with Crippen molar-refractivity contribution in [1.29, 1.82) is 0 Å². The molecule has 138 valence electrons. The summed E-state index contributed by atoms with van der Waals surface area (Å²) in [4.78, 5) is 24.0. The highest BCUT2D eigenvalue weighted by atomic mass is 35.5. The van der Waals surface area contributed by atoms with Gasteiger partial charge in [-0.3, -0.25) is 9.78 Å². The normalized spacial score (nSPS) is 10.8. The highest BCUT2D eigenvalue weighted by Crippen LogP contribution is 2.26. The number of hydrogen-bond acceptors (Lipinski definition) is 3. The molecule has 0 aliphatic heterocycles. The molecule has 0 N–H and O–H groups in total. The van der Waals surface area contributed by atoms with Gasteiger partial charge in [-0.15, -0.1) is 0 Å².